The van der Waals surface area contributed by atoms with Gasteiger partial charge in [-0.05, 0) is 18.8 Å². The van der Waals surface area contributed by atoms with Crippen molar-refractivity contribution in [2.24, 2.45) is 5.92 Å². The zero-order valence-electron chi connectivity index (χ0n) is 13.8. The van der Waals surface area contributed by atoms with E-state index >= 15 is 0 Å². The van der Waals surface area contributed by atoms with Crippen LogP contribution in [-0.4, -0.2) is 43.4 Å². The molecule has 2 aliphatic rings. The lowest BCUT2D eigenvalue weighted by Crippen LogP contribution is -2.51. The van der Waals surface area contributed by atoms with E-state index in [9.17, 15) is 0 Å². The van der Waals surface area contributed by atoms with Crippen LogP contribution in [0.5, 0.6) is 0 Å². The van der Waals surface area contributed by atoms with Gasteiger partial charge in [-0.1, -0.05) is 20.3 Å². The van der Waals surface area contributed by atoms with Crippen molar-refractivity contribution in [3.8, 4) is 0 Å². The second-order valence-electron chi connectivity index (χ2n) is 6.87. The third-order valence-electron chi connectivity index (χ3n) is 4.89. The molecule has 3 unspecified atom stereocenters. The van der Waals surface area contributed by atoms with Crippen LogP contribution in [0, 0.1) is 5.92 Å². The molecule has 22 heavy (non-hydrogen) atoms. The predicted octanol–water partition coefficient (Wildman–Crippen LogP) is 2.56. The molecule has 3 atom stereocenters. The fourth-order valence-electron chi connectivity index (χ4n) is 3.67. The Labute approximate surface area is 138 Å². The lowest BCUT2D eigenvalue weighted by atomic mass is 9.94. The molecule has 1 aliphatic heterocycles. The number of aromatic nitrogens is 1. The van der Waals surface area contributed by atoms with Gasteiger partial charge in [0.25, 0.3) is 0 Å². The van der Waals surface area contributed by atoms with Crippen molar-refractivity contribution in [3.63, 3.8) is 0 Å². The van der Waals surface area contributed by atoms with E-state index in [2.05, 4.69) is 29.9 Å². The highest BCUT2D eigenvalue weighted by atomic mass is 32.1. The molecule has 1 aromatic heterocycles. The molecule has 0 bridgehead atoms. The van der Waals surface area contributed by atoms with Crippen LogP contribution in [0.2, 0.25) is 0 Å². The maximum Gasteiger partial charge on any atom is 0.0953 e. The zero-order valence-corrected chi connectivity index (χ0v) is 14.6. The average molecular weight is 324 g/mol. The molecular formula is C17H29N3OS. The predicted molar refractivity (Wildman–Crippen MR) is 91.6 cm³/mol. The van der Waals surface area contributed by atoms with Crippen molar-refractivity contribution in [2.75, 3.05) is 26.3 Å². The number of nitrogens with one attached hydrogen (secondary N) is 2. The molecule has 4 nitrogen and oxygen atoms in total. The number of hydrogen-bond acceptors (Lipinski definition) is 5. The van der Waals surface area contributed by atoms with E-state index in [4.69, 9.17) is 9.72 Å². The lowest BCUT2D eigenvalue weighted by molar-refractivity contribution is 0.0526. The van der Waals surface area contributed by atoms with Gasteiger partial charge in [-0.25, -0.2) is 4.98 Å². The number of hydrogen-bond donors (Lipinski definition) is 2. The van der Waals surface area contributed by atoms with Crippen LogP contribution in [0.1, 0.15) is 49.7 Å². The SMILES string of the molecule is CC(C)c1nc(CCNC2CCCC2C2COCCN2)cs1. The minimum absolute atomic E-state index is 0.542. The molecule has 124 valence electrons. The van der Waals surface area contributed by atoms with E-state index in [1.807, 2.05) is 0 Å². The molecule has 0 spiro atoms. The minimum Gasteiger partial charge on any atom is -0.379 e. The summed E-state index contributed by atoms with van der Waals surface area (Å²) >= 11 is 1.80. The molecule has 3 rings (SSSR count). The molecule has 5 heteroatoms. The summed E-state index contributed by atoms with van der Waals surface area (Å²) in [5.41, 5.74) is 1.25. The highest BCUT2D eigenvalue weighted by Crippen LogP contribution is 2.29. The summed E-state index contributed by atoms with van der Waals surface area (Å²) < 4.78 is 5.64. The zero-order chi connectivity index (χ0) is 15.4. The van der Waals surface area contributed by atoms with E-state index in [-0.39, 0.29) is 0 Å². The lowest BCUT2D eigenvalue weighted by Gasteiger charge is -2.33. The fraction of sp³-hybridized carbons (Fsp3) is 0.824. The number of nitrogens with zero attached hydrogens (tertiary/aromatic N) is 1. The maximum atomic E-state index is 5.64. The van der Waals surface area contributed by atoms with Gasteiger partial charge in [-0.15, -0.1) is 11.3 Å². The maximum absolute atomic E-state index is 5.64. The van der Waals surface area contributed by atoms with Crippen LogP contribution in [-0.2, 0) is 11.2 Å². The number of thiazole rings is 1. The first kappa shape index (κ1) is 16.4. The number of ether oxygens (including phenoxy) is 1. The molecule has 1 aliphatic carbocycles. The summed E-state index contributed by atoms with van der Waals surface area (Å²) in [7, 11) is 0. The Morgan fingerprint density at radius 1 is 1.45 bits per heavy atom. The molecular weight excluding hydrogens is 294 g/mol. The Morgan fingerprint density at radius 2 is 2.36 bits per heavy atom. The van der Waals surface area contributed by atoms with Crippen molar-refractivity contribution in [1.29, 1.82) is 0 Å². The summed E-state index contributed by atoms with van der Waals surface area (Å²) in [4.78, 5) is 4.73. The van der Waals surface area contributed by atoms with Crippen LogP contribution in [0.25, 0.3) is 0 Å². The smallest absolute Gasteiger partial charge is 0.0953 e. The molecule has 0 radical (unpaired) electrons. The minimum atomic E-state index is 0.542. The van der Waals surface area contributed by atoms with Gasteiger partial charge >= 0.3 is 0 Å². The molecule has 1 aromatic rings. The third kappa shape index (κ3) is 4.07. The van der Waals surface area contributed by atoms with Crippen molar-refractivity contribution in [1.82, 2.24) is 15.6 Å². The van der Waals surface area contributed by atoms with E-state index in [1.54, 1.807) is 11.3 Å². The Morgan fingerprint density at radius 3 is 3.09 bits per heavy atom. The monoisotopic (exact) mass is 323 g/mol. The highest BCUT2D eigenvalue weighted by molar-refractivity contribution is 7.09. The first-order chi connectivity index (χ1) is 10.7. The van der Waals surface area contributed by atoms with Crippen LogP contribution in [0.15, 0.2) is 5.38 Å². The van der Waals surface area contributed by atoms with E-state index in [1.165, 1.54) is 30.0 Å². The molecule has 1 saturated heterocycles. The summed E-state index contributed by atoms with van der Waals surface area (Å²) in [6, 6.07) is 1.18. The van der Waals surface area contributed by atoms with Crippen molar-refractivity contribution in [2.45, 2.75) is 57.5 Å². The average Bonchev–Trinajstić information content (AvgIpc) is 3.17. The normalized spacial score (nSPS) is 29.3. The Bertz CT molecular complexity index is 457. The molecule has 1 saturated carbocycles. The van der Waals surface area contributed by atoms with E-state index in [0.717, 1.165) is 38.6 Å². The first-order valence-corrected chi connectivity index (χ1v) is 9.61. The van der Waals surface area contributed by atoms with Crippen molar-refractivity contribution >= 4 is 11.3 Å². The molecule has 2 N–H and O–H groups in total. The van der Waals surface area contributed by atoms with Crippen molar-refractivity contribution < 1.29 is 4.74 Å². The Kier molecular flexibility index (Phi) is 5.85. The van der Waals surface area contributed by atoms with Gasteiger partial charge in [-0.3, -0.25) is 0 Å². The topological polar surface area (TPSA) is 46.2 Å². The summed E-state index contributed by atoms with van der Waals surface area (Å²) in [6.07, 6.45) is 5.01. The van der Waals surface area contributed by atoms with Crippen LogP contribution >= 0.6 is 11.3 Å². The Balaban J connectivity index is 1.45. The Hall–Kier alpha value is -0.490. The second kappa shape index (κ2) is 7.86. The third-order valence-corrected chi connectivity index (χ3v) is 6.08. The first-order valence-electron chi connectivity index (χ1n) is 8.73. The van der Waals surface area contributed by atoms with Gasteiger partial charge in [0.2, 0.25) is 0 Å². The van der Waals surface area contributed by atoms with E-state index in [0.29, 0.717) is 18.0 Å². The summed E-state index contributed by atoms with van der Waals surface area (Å²) in [5.74, 6) is 1.27. The number of morpholine rings is 1. The van der Waals surface area contributed by atoms with Crippen LogP contribution < -0.4 is 10.6 Å². The van der Waals surface area contributed by atoms with Crippen molar-refractivity contribution in [3.05, 3.63) is 16.1 Å². The fourth-order valence-corrected chi connectivity index (χ4v) is 4.54. The van der Waals surface area contributed by atoms with Crippen LogP contribution in [0.3, 0.4) is 0 Å². The highest BCUT2D eigenvalue weighted by Gasteiger charge is 2.34. The van der Waals surface area contributed by atoms with Gasteiger partial charge in [-0.2, -0.15) is 0 Å². The van der Waals surface area contributed by atoms with Gasteiger partial charge < -0.3 is 15.4 Å². The van der Waals surface area contributed by atoms with Gasteiger partial charge in [0.05, 0.1) is 23.9 Å². The summed E-state index contributed by atoms with van der Waals surface area (Å²) in [6.45, 7) is 8.21. The largest absolute Gasteiger partial charge is 0.379 e. The number of rotatable bonds is 6. The van der Waals surface area contributed by atoms with Crippen LogP contribution in [0.4, 0.5) is 0 Å². The summed E-state index contributed by atoms with van der Waals surface area (Å²) in [5, 5.41) is 10.9. The quantitative estimate of drug-likeness (QED) is 0.844. The van der Waals surface area contributed by atoms with Gasteiger partial charge in [0.15, 0.2) is 0 Å². The standard InChI is InChI=1S/C17H29N3OS/c1-12(2)17-20-13(11-22-17)6-7-18-15-5-3-4-14(15)16-10-21-9-8-19-16/h11-12,14-16,18-19H,3-10H2,1-2H3. The molecule has 2 heterocycles. The van der Waals surface area contributed by atoms with E-state index < -0.39 is 0 Å². The molecule has 2 fully saturated rings. The second-order valence-corrected chi connectivity index (χ2v) is 7.76. The molecule has 0 amide bonds. The van der Waals surface area contributed by atoms with Gasteiger partial charge in [0, 0.05) is 42.9 Å². The molecule has 0 aromatic carbocycles. The van der Waals surface area contributed by atoms with Gasteiger partial charge in [0.1, 0.15) is 0 Å².